The predicted octanol–water partition coefficient (Wildman–Crippen LogP) is 2.55. The van der Waals surface area contributed by atoms with E-state index in [2.05, 4.69) is 4.74 Å². The highest BCUT2D eigenvalue weighted by Gasteiger charge is 2.27. The first kappa shape index (κ1) is 13.3. The summed E-state index contributed by atoms with van der Waals surface area (Å²) in [6.45, 7) is 0. The molecule has 0 amide bonds. The third kappa shape index (κ3) is 3.65. The summed E-state index contributed by atoms with van der Waals surface area (Å²) in [5, 5.41) is 0. The highest BCUT2D eigenvalue weighted by molar-refractivity contribution is 5.95. The maximum Gasteiger partial charge on any atom is 0.389 e. The summed E-state index contributed by atoms with van der Waals surface area (Å²) in [5.41, 5.74) is 6.05. The number of aryl methyl sites for hydroxylation is 1. The van der Waals surface area contributed by atoms with Crippen molar-refractivity contribution < 1.29 is 22.7 Å². The fourth-order valence-electron chi connectivity index (χ4n) is 1.40. The zero-order chi connectivity index (χ0) is 13.1. The van der Waals surface area contributed by atoms with Crippen LogP contribution in [0.5, 0.6) is 0 Å². The first-order valence-corrected chi connectivity index (χ1v) is 4.87. The number of benzene rings is 1. The number of nitrogens with two attached hydrogens (primary N) is 1. The van der Waals surface area contributed by atoms with Gasteiger partial charge in [-0.1, -0.05) is 12.1 Å². The van der Waals surface area contributed by atoms with Gasteiger partial charge in [0, 0.05) is 12.1 Å². The number of hydrogen-bond donors (Lipinski definition) is 1. The Balaban J connectivity index is 2.91. The van der Waals surface area contributed by atoms with Crippen molar-refractivity contribution in [3.05, 3.63) is 29.3 Å². The number of nitrogen functional groups attached to an aromatic ring is 1. The van der Waals surface area contributed by atoms with Crippen LogP contribution in [0, 0.1) is 0 Å². The Morgan fingerprint density at radius 1 is 1.41 bits per heavy atom. The molecule has 0 unspecified atom stereocenters. The molecule has 0 bridgehead atoms. The molecule has 0 aliphatic heterocycles. The van der Waals surface area contributed by atoms with E-state index in [1.807, 2.05) is 0 Å². The molecule has 1 aromatic carbocycles. The summed E-state index contributed by atoms with van der Waals surface area (Å²) in [6.07, 6.45) is -5.46. The maximum absolute atomic E-state index is 12.1. The van der Waals surface area contributed by atoms with Crippen molar-refractivity contribution in [3.63, 3.8) is 0 Å². The fourth-order valence-corrected chi connectivity index (χ4v) is 1.40. The number of halogens is 3. The SMILES string of the molecule is COC(=O)c1cccc(CCC(F)(F)F)c1N. The molecule has 0 fully saturated rings. The smallest absolute Gasteiger partial charge is 0.389 e. The molecule has 0 radical (unpaired) electrons. The molecule has 1 rings (SSSR count). The van der Waals surface area contributed by atoms with Crippen LogP contribution in [0.25, 0.3) is 0 Å². The van der Waals surface area contributed by atoms with Gasteiger partial charge in [0.15, 0.2) is 0 Å². The number of esters is 1. The molecule has 0 atom stereocenters. The van der Waals surface area contributed by atoms with Crippen LogP contribution >= 0.6 is 0 Å². The lowest BCUT2D eigenvalue weighted by Crippen LogP contribution is -2.12. The monoisotopic (exact) mass is 247 g/mol. The Morgan fingerprint density at radius 2 is 2.06 bits per heavy atom. The Morgan fingerprint density at radius 3 is 2.59 bits per heavy atom. The number of para-hydroxylation sites is 1. The molecule has 0 aliphatic rings. The average Bonchev–Trinajstić information content (AvgIpc) is 2.25. The summed E-state index contributed by atoms with van der Waals surface area (Å²) < 4.78 is 40.7. The van der Waals surface area contributed by atoms with Gasteiger partial charge in [0.1, 0.15) is 0 Å². The fraction of sp³-hybridized carbons (Fsp3) is 0.364. The summed E-state index contributed by atoms with van der Waals surface area (Å²) >= 11 is 0. The Kier molecular flexibility index (Phi) is 3.98. The maximum atomic E-state index is 12.1. The number of rotatable bonds is 3. The molecule has 94 valence electrons. The third-order valence-electron chi connectivity index (χ3n) is 2.28. The van der Waals surface area contributed by atoms with E-state index in [-0.39, 0.29) is 17.7 Å². The minimum Gasteiger partial charge on any atom is -0.465 e. The van der Waals surface area contributed by atoms with Crippen molar-refractivity contribution in [1.29, 1.82) is 0 Å². The Hall–Kier alpha value is -1.72. The lowest BCUT2D eigenvalue weighted by atomic mass is 10.0. The standard InChI is InChI=1S/C11H12F3NO2/c1-17-10(16)8-4-2-3-7(9(8)15)5-6-11(12,13)14/h2-4H,5-6,15H2,1H3. The predicted molar refractivity (Wildman–Crippen MR) is 56.6 cm³/mol. The quantitative estimate of drug-likeness (QED) is 0.659. The number of hydrogen-bond acceptors (Lipinski definition) is 3. The van der Waals surface area contributed by atoms with Crippen LogP contribution in [0.1, 0.15) is 22.3 Å². The molecule has 2 N–H and O–H groups in total. The molecular formula is C11H12F3NO2. The Labute approximate surface area is 96.4 Å². The number of ether oxygens (including phenoxy) is 1. The molecule has 1 aromatic rings. The van der Waals surface area contributed by atoms with Crippen LogP contribution in [-0.4, -0.2) is 19.3 Å². The second-order valence-corrected chi connectivity index (χ2v) is 3.49. The Bertz CT molecular complexity index is 416. The minimum atomic E-state index is -4.24. The van der Waals surface area contributed by atoms with Crippen molar-refractivity contribution >= 4 is 11.7 Å². The van der Waals surface area contributed by atoms with Gasteiger partial charge in [-0.05, 0) is 18.1 Å². The van der Waals surface area contributed by atoms with Gasteiger partial charge < -0.3 is 10.5 Å². The topological polar surface area (TPSA) is 52.3 Å². The van der Waals surface area contributed by atoms with E-state index in [0.717, 1.165) is 0 Å². The molecule has 0 saturated heterocycles. The van der Waals surface area contributed by atoms with Gasteiger partial charge in [-0.2, -0.15) is 13.2 Å². The summed E-state index contributed by atoms with van der Waals surface area (Å²) in [4.78, 5) is 11.3. The second kappa shape index (κ2) is 5.07. The van der Waals surface area contributed by atoms with E-state index in [0.29, 0.717) is 5.56 Å². The first-order valence-electron chi connectivity index (χ1n) is 4.87. The number of anilines is 1. The highest BCUT2D eigenvalue weighted by atomic mass is 19.4. The van der Waals surface area contributed by atoms with E-state index in [1.54, 1.807) is 0 Å². The minimum absolute atomic E-state index is 0.0450. The van der Waals surface area contributed by atoms with E-state index < -0.39 is 18.6 Å². The molecule has 0 saturated carbocycles. The average molecular weight is 247 g/mol. The third-order valence-corrected chi connectivity index (χ3v) is 2.28. The van der Waals surface area contributed by atoms with E-state index in [9.17, 15) is 18.0 Å². The first-order chi connectivity index (χ1) is 7.85. The molecular weight excluding hydrogens is 235 g/mol. The van der Waals surface area contributed by atoms with Crippen molar-refractivity contribution in [1.82, 2.24) is 0 Å². The summed E-state index contributed by atoms with van der Waals surface area (Å²) in [7, 11) is 1.18. The lowest BCUT2D eigenvalue weighted by Gasteiger charge is -2.10. The van der Waals surface area contributed by atoms with Crippen LogP contribution in [-0.2, 0) is 11.2 Å². The van der Waals surface area contributed by atoms with E-state index >= 15 is 0 Å². The van der Waals surface area contributed by atoms with Crippen molar-refractivity contribution in [2.24, 2.45) is 0 Å². The van der Waals surface area contributed by atoms with Gasteiger partial charge in [-0.25, -0.2) is 4.79 Å². The van der Waals surface area contributed by atoms with Crippen molar-refractivity contribution in [2.45, 2.75) is 19.0 Å². The number of carbonyl (C=O) groups excluding carboxylic acids is 1. The molecule has 17 heavy (non-hydrogen) atoms. The number of methoxy groups -OCH3 is 1. The van der Waals surface area contributed by atoms with Crippen LogP contribution in [0.3, 0.4) is 0 Å². The van der Waals surface area contributed by atoms with Crippen LogP contribution in [0.15, 0.2) is 18.2 Å². The number of carbonyl (C=O) groups is 1. The van der Waals surface area contributed by atoms with E-state index in [1.165, 1.54) is 25.3 Å². The zero-order valence-electron chi connectivity index (χ0n) is 9.17. The molecule has 0 aliphatic carbocycles. The van der Waals surface area contributed by atoms with Crippen LogP contribution < -0.4 is 5.73 Å². The molecule has 0 aromatic heterocycles. The second-order valence-electron chi connectivity index (χ2n) is 3.49. The molecule has 3 nitrogen and oxygen atoms in total. The lowest BCUT2D eigenvalue weighted by molar-refractivity contribution is -0.133. The van der Waals surface area contributed by atoms with Gasteiger partial charge in [0.25, 0.3) is 0 Å². The van der Waals surface area contributed by atoms with Gasteiger partial charge in [0.05, 0.1) is 12.7 Å². The largest absolute Gasteiger partial charge is 0.465 e. The molecule has 0 spiro atoms. The van der Waals surface area contributed by atoms with Crippen molar-refractivity contribution in [2.75, 3.05) is 12.8 Å². The highest BCUT2D eigenvalue weighted by Crippen LogP contribution is 2.26. The van der Waals surface area contributed by atoms with Gasteiger partial charge in [0.2, 0.25) is 0 Å². The zero-order valence-corrected chi connectivity index (χ0v) is 9.17. The van der Waals surface area contributed by atoms with Gasteiger partial charge >= 0.3 is 12.1 Å². The number of alkyl halides is 3. The molecule has 6 heteroatoms. The molecule has 0 heterocycles. The van der Waals surface area contributed by atoms with Gasteiger partial charge in [-0.15, -0.1) is 0 Å². The van der Waals surface area contributed by atoms with Gasteiger partial charge in [-0.3, -0.25) is 0 Å². The normalized spacial score (nSPS) is 11.3. The van der Waals surface area contributed by atoms with Crippen molar-refractivity contribution in [3.8, 4) is 0 Å². The van der Waals surface area contributed by atoms with Crippen LogP contribution in [0.4, 0.5) is 18.9 Å². The summed E-state index contributed by atoms with van der Waals surface area (Å²) in [6, 6.07) is 4.36. The summed E-state index contributed by atoms with van der Waals surface area (Å²) in [5.74, 6) is -0.656. The van der Waals surface area contributed by atoms with E-state index in [4.69, 9.17) is 5.73 Å². The van der Waals surface area contributed by atoms with Crippen LogP contribution in [0.2, 0.25) is 0 Å².